The van der Waals surface area contributed by atoms with Gasteiger partial charge in [0, 0.05) is 7.11 Å². The Hall–Kier alpha value is -1.02. The number of aliphatic hydroxyl groups is 1. The second kappa shape index (κ2) is 5.31. The van der Waals surface area contributed by atoms with Crippen LogP contribution in [0.1, 0.15) is 5.56 Å². The topological polar surface area (TPSA) is 66.4 Å². The number of ether oxygens (including phenoxy) is 5. The molecule has 0 spiro atoms. The van der Waals surface area contributed by atoms with Gasteiger partial charge in [0.1, 0.15) is 36.6 Å². The van der Waals surface area contributed by atoms with Crippen molar-refractivity contribution in [3.05, 3.63) is 35.9 Å². The number of rotatable bonds is 4. The maximum atomic E-state index is 10.3. The van der Waals surface area contributed by atoms with Gasteiger partial charge in [0.2, 0.25) is 0 Å². The fourth-order valence-corrected chi connectivity index (χ4v) is 3.31. The number of hydrogen-bond acceptors (Lipinski definition) is 6. The average molecular weight is 294 g/mol. The molecule has 1 N–H and O–H groups in total. The fraction of sp³-hybridized carbons (Fsp3) is 0.600. The van der Waals surface area contributed by atoms with Gasteiger partial charge in [0.15, 0.2) is 0 Å². The summed E-state index contributed by atoms with van der Waals surface area (Å²) in [6, 6.07) is 9.86. The molecule has 0 unspecified atom stereocenters. The van der Waals surface area contributed by atoms with E-state index in [1.54, 1.807) is 7.11 Å². The van der Waals surface area contributed by atoms with E-state index < -0.39 is 24.8 Å². The van der Waals surface area contributed by atoms with Gasteiger partial charge in [0.05, 0.1) is 6.61 Å². The van der Waals surface area contributed by atoms with E-state index in [0.717, 1.165) is 5.56 Å². The molecular formula is C15H18O6. The third-order valence-corrected chi connectivity index (χ3v) is 4.33. The summed E-state index contributed by atoms with van der Waals surface area (Å²) in [5.74, 6) is 0. The van der Waals surface area contributed by atoms with Gasteiger partial charge in [-0.3, -0.25) is 0 Å². The normalized spacial score (nSPS) is 44.2. The van der Waals surface area contributed by atoms with Crippen LogP contribution in [-0.2, 0) is 30.3 Å². The highest BCUT2D eigenvalue weighted by Gasteiger charge is 2.62. The predicted octanol–water partition coefficient (Wildman–Crippen LogP) is 0.428. The van der Waals surface area contributed by atoms with Gasteiger partial charge in [-0.1, -0.05) is 30.3 Å². The molecule has 6 heteroatoms. The highest BCUT2D eigenvalue weighted by atomic mass is 16.9. The third-order valence-electron chi connectivity index (χ3n) is 4.33. The maximum Gasteiger partial charge on any atom is 0.272 e. The first-order chi connectivity index (χ1) is 10.3. The van der Waals surface area contributed by atoms with Crippen molar-refractivity contribution >= 4 is 0 Å². The van der Waals surface area contributed by atoms with E-state index in [-0.39, 0.29) is 18.3 Å². The first kappa shape index (κ1) is 13.6. The molecule has 4 bridgehead atoms. The number of benzene rings is 1. The summed E-state index contributed by atoms with van der Waals surface area (Å²) in [7, 11) is 1.58. The van der Waals surface area contributed by atoms with Crippen molar-refractivity contribution in [1.29, 1.82) is 0 Å². The van der Waals surface area contributed by atoms with Crippen LogP contribution in [0.5, 0.6) is 0 Å². The molecule has 4 aliphatic rings. The lowest BCUT2D eigenvalue weighted by Gasteiger charge is -2.57. The van der Waals surface area contributed by atoms with Crippen molar-refractivity contribution in [3.8, 4) is 0 Å². The molecule has 1 saturated carbocycles. The molecule has 1 aromatic rings. The molecule has 0 radical (unpaired) electrons. The van der Waals surface area contributed by atoms with E-state index in [1.807, 2.05) is 30.3 Å². The molecule has 21 heavy (non-hydrogen) atoms. The molecule has 0 aromatic heterocycles. The van der Waals surface area contributed by atoms with Crippen molar-refractivity contribution in [2.45, 2.75) is 49.7 Å². The lowest BCUT2D eigenvalue weighted by Crippen LogP contribution is -2.75. The first-order valence-electron chi connectivity index (χ1n) is 7.10. The summed E-state index contributed by atoms with van der Waals surface area (Å²) in [6.45, 7) is -0.290. The Labute approximate surface area is 122 Å². The Morgan fingerprint density at radius 2 is 1.67 bits per heavy atom. The smallest absolute Gasteiger partial charge is 0.272 e. The van der Waals surface area contributed by atoms with Crippen molar-refractivity contribution in [2.24, 2.45) is 0 Å². The largest absolute Gasteiger partial charge is 0.387 e. The van der Waals surface area contributed by atoms with Crippen LogP contribution in [0.4, 0.5) is 0 Å². The molecule has 114 valence electrons. The molecule has 3 saturated heterocycles. The summed E-state index contributed by atoms with van der Waals surface area (Å²) < 4.78 is 28.1. The molecule has 3 heterocycles. The van der Waals surface area contributed by atoms with Gasteiger partial charge in [-0.05, 0) is 5.56 Å². The van der Waals surface area contributed by atoms with Crippen LogP contribution in [0.15, 0.2) is 30.3 Å². The lowest BCUT2D eigenvalue weighted by molar-refractivity contribution is -0.485. The molecule has 4 fully saturated rings. The zero-order valence-electron chi connectivity index (χ0n) is 11.6. The molecule has 7 atom stereocenters. The lowest BCUT2D eigenvalue weighted by atomic mass is 9.82. The molecule has 3 aliphatic heterocycles. The van der Waals surface area contributed by atoms with Crippen LogP contribution >= 0.6 is 0 Å². The van der Waals surface area contributed by atoms with Gasteiger partial charge < -0.3 is 28.8 Å². The Morgan fingerprint density at radius 1 is 1.00 bits per heavy atom. The van der Waals surface area contributed by atoms with Crippen molar-refractivity contribution in [3.63, 3.8) is 0 Å². The number of hydrogen-bond donors (Lipinski definition) is 1. The summed E-state index contributed by atoms with van der Waals surface area (Å²) in [6.07, 6.45) is -2.65. The summed E-state index contributed by atoms with van der Waals surface area (Å²) in [4.78, 5) is 0. The fourth-order valence-electron chi connectivity index (χ4n) is 3.31. The molecular weight excluding hydrogens is 276 g/mol. The average Bonchev–Trinajstić information content (AvgIpc) is 2.52. The minimum Gasteiger partial charge on any atom is -0.387 e. The second-order valence-electron chi connectivity index (χ2n) is 5.54. The number of aliphatic hydroxyl groups excluding tert-OH is 1. The van der Waals surface area contributed by atoms with Crippen LogP contribution in [0.2, 0.25) is 0 Å². The van der Waals surface area contributed by atoms with Crippen LogP contribution in [0.3, 0.4) is 0 Å². The Kier molecular flexibility index (Phi) is 3.45. The first-order valence-corrected chi connectivity index (χ1v) is 7.10. The Bertz CT molecular complexity index is 494. The van der Waals surface area contributed by atoms with E-state index in [2.05, 4.69) is 0 Å². The summed E-state index contributed by atoms with van der Waals surface area (Å²) >= 11 is 0. The van der Waals surface area contributed by atoms with E-state index in [4.69, 9.17) is 23.7 Å². The van der Waals surface area contributed by atoms with Crippen LogP contribution in [-0.4, -0.2) is 55.3 Å². The van der Waals surface area contributed by atoms with E-state index in [0.29, 0.717) is 6.61 Å². The van der Waals surface area contributed by atoms with Gasteiger partial charge in [-0.15, -0.1) is 0 Å². The molecule has 5 rings (SSSR count). The monoisotopic (exact) mass is 294 g/mol. The van der Waals surface area contributed by atoms with Gasteiger partial charge in [-0.25, -0.2) is 0 Å². The third kappa shape index (κ3) is 2.19. The Balaban J connectivity index is 1.52. The van der Waals surface area contributed by atoms with E-state index >= 15 is 0 Å². The molecule has 1 aromatic carbocycles. The minimum absolute atomic E-state index is 0.287. The van der Waals surface area contributed by atoms with Crippen molar-refractivity contribution < 1.29 is 28.8 Å². The minimum atomic E-state index is -0.771. The standard InChI is InChI=1S/C15H18O6/c1-17-12-10-9(16)11-13(14(12)21-15(19-10)20-11)18-7-8-5-3-2-4-6-8/h2-6,9-16H,7H2,1H3/t9-,10-,11-,12+,13-,14-,15+/m1/s1. The quantitative estimate of drug-likeness (QED) is 0.868. The van der Waals surface area contributed by atoms with Gasteiger partial charge in [-0.2, -0.15) is 0 Å². The summed E-state index contributed by atoms with van der Waals surface area (Å²) in [5.41, 5.74) is 1.06. The second-order valence-corrected chi connectivity index (χ2v) is 5.54. The van der Waals surface area contributed by atoms with Gasteiger partial charge in [0.25, 0.3) is 6.48 Å². The summed E-state index contributed by atoms with van der Waals surface area (Å²) in [5, 5.41) is 10.3. The molecule has 1 aliphatic carbocycles. The maximum absolute atomic E-state index is 10.3. The highest BCUT2D eigenvalue weighted by Crippen LogP contribution is 2.42. The molecule has 6 nitrogen and oxygen atoms in total. The Morgan fingerprint density at radius 3 is 2.38 bits per heavy atom. The molecule has 0 amide bonds. The van der Waals surface area contributed by atoms with Gasteiger partial charge >= 0.3 is 0 Å². The predicted molar refractivity (Wildman–Crippen MR) is 70.2 cm³/mol. The van der Waals surface area contributed by atoms with Crippen molar-refractivity contribution in [2.75, 3.05) is 7.11 Å². The zero-order valence-corrected chi connectivity index (χ0v) is 11.6. The number of methoxy groups -OCH3 is 1. The van der Waals surface area contributed by atoms with Crippen LogP contribution in [0.25, 0.3) is 0 Å². The van der Waals surface area contributed by atoms with E-state index in [9.17, 15) is 5.11 Å². The van der Waals surface area contributed by atoms with E-state index in [1.165, 1.54) is 0 Å². The highest BCUT2D eigenvalue weighted by molar-refractivity contribution is 5.14. The zero-order chi connectivity index (χ0) is 14.4. The SMILES string of the molecule is CO[C@@H]1[C@H]2O[C@H]3O[C@@H]1[C@@H](O)[C@@H](O3)[C@H]2OCc1ccccc1. The van der Waals surface area contributed by atoms with Crippen molar-refractivity contribution in [1.82, 2.24) is 0 Å². The van der Waals surface area contributed by atoms with Crippen LogP contribution in [0, 0.1) is 0 Å². The van der Waals surface area contributed by atoms with Crippen LogP contribution < -0.4 is 0 Å².